The number of nitrogens with two attached hydrogens (primary N) is 1. The summed E-state index contributed by atoms with van der Waals surface area (Å²) in [4.78, 5) is 11.8. The zero-order valence-corrected chi connectivity index (χ0v) is 11.5. The Labute approximate surface area is 117 Å². The van der Waals surface area contributed by atoms with Crippen molar-refractivity contribution in [3.05, 3.63) is 42.0 Å². The minimum atomic E-state index is -0.607. The van der Waals surface area contributed by atoms with E-state index in [0.29, 0.717) is 6.54 Å². The van der Waals surface area contributed by atoms with E-state index in [1.54, 1.807) is 7.11 Å². The van der Waals surface area contributed by atoms with Gasteiger partial charge in [0, 0.05) is 6.54 Å². The first-order valence-corrected chi connectivity index (χ1v) is 6.75. The minimum absolute atomic E-state index is 0.0488. The van der Waals surface area contributed by atoms with E-state index in [-0.39, 0.29) is 5.91 Å². The maximum absolute atomic E-state index is 11.8. The quantitative estimate of drug-likeness (QED) is 0.892. The molecule has 1 fully saturated rings. The molecule has 4 heteroatoms. The van der Waals surface area contributed by atoms with E-state index in [2.05, 4.69) is 11.4 Å². The zero-order chi connectivity index (χ0) is 14.2. The van der Waals surface area contributed by atoms with Gasteiger partial charge in [0.25, 0.3) is 0 Å². The van der Waals surface area contributed by atoms with Crippen LogP contribution in [0.15, 0.2) is 36.4 Å². The Balaban J connectivity index is 1.74. The molecule has 0 radical (unpaired) electrons. The van der Waals surface area contributed by atoms with Crippen LogP contribution in [0.1, 0.15) is 18.4 Å². The highest BCUT2D eigenvalue weighted by Crippen LogP contribution is 2.32. The molecule has 1 aliphatic rings. The molecule has 0 spiro atoms. The van der Waals surface area contributed by atoms with Crippen molar-refractivity contribution < 1.29 is 9.53 Å². The molecule has 0 atom stereocenters. The Morgan fingerprint density at radius 1 is 1.25 bits per heavy atom. The lowest BCUT2D eigenvalue weighted by Gasteiger charge is -2.10. The Bertz CT molecular complexity index is 663. The highest BCUT2D eigenvalue weighted by molar-refractivity contribution is 5.89. The molecule has 0 aromatic heterocycles. The standard InChI is InChI=1S/C16H18N2O2/c1-20-14-5-4-12-8-11(2-3-13(12)9-14)10-18-15(19)16(17)6-7-16/h2-5,8-9H,6-7,10,17H2,1H3,(H,18,19). The summed E-state index contributed by atoms with van der Waals surface area (Å²) in [5.41, 5.74) is 6.31. The number of fused-ring (bicyclic) bond motifs is 1. The van der Waals surface area contributed by atoms with Gasteiger partial charge in [0.1, 0.15) is 5.75 Å². The maximum atomic E-state index is 11.8. The molecule has 1 aliphatic carbocycles. The maximum Gasteiger partial charge on any atom is 0.240 e. The molecule has 20 heavy (non-hydrogen) atoms. The predicted octanol–water partition coefficient (Wildman–Crippen LogP) is 1.96. The van der Waals surface area contributed by atoms with Crippen LogP contribution in [0.3, 0.4) is 0 Å². The third kappa shape index (κ3) is 2.47. The molecule has 0 aliphatic heterocycles. The Hall–Kier alpha value is -2.07. The summed E-state index contributed by atoms with van der Waals surface area (Å²) in [6.07, 6.45) is 1.58. The molecule has 1 saturated carbocycles. The summed E-state index contributed by atoms with van der Waals surface area (Å²) in [5, 5.41) is 5.15. The summed E-state index contributed by atoms with van der Waals surface area (Å²) in [6, 6.07) is 12.1. The number of amides is 1. The van der Waals surface area contributed by atoms with Crippen LogP contribution in [-0.2, 0) is 11.3 Å². The predicted molar refractivity (Wildman–Crippen MR) is 78.5 cm³/mol. The van der Waals surface area contributed by atoms with E-state index in [4.69, 9.17) is 10.5 Å². The van der Waals surface area contributed by atoms with Crippen molar-refractivity contribution in [3.8, 4) is 5.75 Å². The van der Waals surface area contributed by atoms with Crippen molar-refractivity contribution >= 4 is 16.7 Å². The highest BCUT2D eigenvalue weighted by atomic mass is 16.5. The smallest absolute Gasteiger partial charge is 0.240 e. The van der Waals surface area contributed by atoms with Crippen LogP contribution < -0.4 is 15.8 Å². The number of hydrogen-bond acceptors (Lipinski definition) is 3. The minimum Gasteiger partial charge on any atom is -0.497 e. The number of ether oxygens (including phenoxy) is 1. The number of carbonyl (C=O) groups excluding carboxylic acids is 1. The first kappa shape index (κ1) is 12.9. The van der Waals surface area contributed by atoms with Gasteiger partial charge in [-0.1, -0.05) is 18.2 Å². The Morgan fingerprint density at radius 3 is 2.65 bits per heavy atom. The van der Waals surface area contributed by atoms with E-state index in [9.17, 15) is 4.79 Å². The first-order valence-electron chi connectivity index (χ1n) is 6.75. The van der Waals surface area contributed by atoms with Gasteiger partial charge in [-0.15, -0.1) is 0 Å². The second-order valence-electron chi connectivity index (χ2n) is 5.39. The Kier molecular flexibility index (Phi) is 3.10. The molecule has 3 N–H and O–H groups in total. The molecule has 0 heterocycles. The van der Waals surface area contributed by atoms with Crippen LogP contribution in [0, 0.1) is 0 Å². The molecule has 1 amide bonds. The summed E-state index contributed by atoms with van der Waals surface area (Å²) >= 11 is 0. The van der Waals surface area contributed by atoms with Crippen LogP contribution in [0.5, 0.6) is 5.75 Å². The van der Waals surface area contributed by atoms with Gasteiger partial charge in [0.05, 0.1) is 12.6 Å². The summed E-state index contributed by atoms with van der Waals surface area (Å²) in [7, 11) is 1.66. The largest absolute Gasteiger partial charge is 0.497 e. The fourth-order valence-corrected chi connectivity index (χ4v) is 2.23. The average molecular weight is 270 g/mol. The molecular formula is C16H18N2O2. The number of carbonyl (C=O) groups is 1. The van der Waals surface area contributed by atoms with Gasteiger partial charge in [-0.25, -0.2) is 0 Å². The molecule has 0 unspecified atom stereocenters. The normalized spacial score (nSPS) is 15.9. The molecule has 0 saturated heterocycles. The van der Waals surface area contributed by atoms with Gasteiger partial charge in [-0.3, -0.25) is 4.79 Å². The molecule has 0 bridgehead atoms. The molecule has 2 aromatic carbocycles. The first-order chi connectivity index (χ1) is 9.60. The van der Waals surface area contributed by atoms with Crippen molar-refractivity contribution in [2.45, 2.75) is 24.9 Å². The van der Waals surface area contributed by atoms with Gasteiger partial charge >= 0.3 is 0 Å². The molecule has 2 aromatic rings. The Morgan fingerprint density at radius 2 is 1.95 bits per heavy atom. The SMILES string of the molecule is COc1ccc2cc(CNC(=O)C3(N)CC3)ccc2c1. The van der Waals surface area contributed by atoms with Crippen LogP contribution in [0.25, 0.3) is 10.8 Å². The van der Waals surface area contributed by atoms with E-state index in [1.807, 2.05) is 30.3 Å². The summed E-state index contributed by atoms with van der Waals surface area (Å²) < 4.78 is 5.20. The fraction of sp³-hybridized carbons (Fsp3) is 0.312. The lowest BCUT2D eigenvalue weighted by Crippen LogP contribution is -2.42. The zero-order valence-electron chi connectivity index (χ0n) is 11.5. The van der Waals surface area contributed by atoms with Crippen LogP contribution in [-0.4, -0.2) is 18.6 Å². The fourth-order valence-electron chi connectivity index (χ4n) is 2.23. The number of hydrogen-bond donors (Lipinski definition) is 2. The number of methoxy groups -OCH3 is 1. The molecule has 3 rings (SSSR count). The third-order valence-electron chi connectivity index (χ3n) is 3.81. The lowest BCUT2D eigenvalue weighted by atomic mass is 10.1. The monoisotopic (exact) mass is 270 g/mol. The van der Waals surface area contributed by atoms with Gasteiger partial charge in [-0.05, 0) is 47.4 Å². The van der Waals surface area contributed by atoms with Gasteiger partial charge < -0.3 is 15.8 Å². The van der Waals surface area contributed by atoms with Crippen molar-refractivity contribution in [3.63, 3.8) is 0 Å². The molecular weight excluding hydrogens is 252 g/mol. The van der Waals surface area contributed by atoms with E-state index < -0.39 is 5.54 Å². The number of benzene rings is 2. The van der Waals surface area contributed by atoms with E-state index in [1.165, 1.54) is 0 Å². The summed E-state index contributed by atoms with van der Waals surface area (Å²) in [5.74, 6) is 0.796. The molecule has 104 valence electrons. The van der Waals surface area contributed by atoms with Gasteiger partial charge in [0.2, 0.25) is 5.91 Å². The number of rotatable bonds is 4. The van der Waals surface area contributed by atoms with Crippen molar-refractivity contribution in [2.24, 2.45) is 5.73 Å². The van der Waals surface area contributed by atoms with E-state index >= 15 is 0 Å². The van der Waals surface area contributed by atoms with Crippen LogP contribution in [0.2, 0.25) is 0 Å². The van der Waals surface area contributed by atoms with Crippen LogP contribution >= 0.6 is 0 Å². The van der Waals surface area contributed by atoms with Gasteiger partial charge in [-0.2, -0.15) is 0 Å². The topological polar surface area (TPSA) is 64.3 Å². The van der Waals surface area contributed by atoms with E-state index in [0.717, 1.165) is 34.9 Å². The second-order valence-corrected chi connectivity index (χ2v) is 5.39. The molecule has 4 nitrogen and oxygen atoms in total. The third-order valence-corrected chi connectivity index (χ3v) is 3.81. The summed E-state index contributed by atoms with van der Waals surface area (Å²) in [6.45, 7) is 0.514. The average Bonchev–Trinajstić information content (AvgIpc) is 3.23. The van der Waals surface area contributed by atoms with Crippen molar-refractivity contribution in [2.75, 3.05) is 7.11 Å². The van der Waals surface area contributed by atoms with Gasteiger partial charge in [0.15, 0.2) is 0 Å². The van der Waals surface area contributed by atoms with Crippen LogP contribution in [0.4, 0.5) is 0 Å². The lowest BCUT2D eigenvalue weighted by molar-refractivity contribution is -0.123. The van der Waals surface area contributed by atoms with Crippen molar-refractivity contribution in [1.29, 1.82) is 0 Å². The second kappa shape index (κ2) is 4.80. The number of nitrogens with one attached hydrogen (secondary N) is 1. The highest BCUT2D eigenvalue weighted by Gasteiger charge is 2.45. The van der Waals surface area contributed by atoms with Crippen molar-refractivity contribution in [1.82, 2.24) is 5.32 Å².